The Morgan fingerprint density at radius 3 is 2.92 bits per heavy atom. The molecule has 2 rings (SSSR count). The largest absolute Gasteiger partial charge is 0.281 e. The molecule has 0 saturated carbocycles. The quantitative estimate of drug-likeness (QED) is 0.575. The standard InChI is InChI=1S/C10H13NO2/c1-10(2)7-5-3-4-6-8(7)11(13)9(10)12/h3-4,6-7,13H,5H2,1-2H3. The van der Waals surface area contributed by atoms with Gasteiger partial charge in [0, 0.05) is 5.92 Å². The lowest BCUT2D eigenvalue weighted by atomic mass is 9.77. The molecule has 3 heteroatoms. The summed E-state index contributed by atoms with van der Waals surface area (Å²) >= 11 is 0. The molecule has 1 atom stereocenters. The van der Waals surface area contributed by atoms with Crippen molar-refractivity contribution in [1.29, 1.82) is 0 Å². The summed E-state index contributed by atoms with van der Waals surface area (Å²) in [5.74, 6) is -0.0672. The van der Waals surface area contributed by atoms with Crippen molar-refractivity contribution in [2.24, 2.45) is 11.3 Å². The zero-order chi connectivity index (χ0) is 9.64. The van der Waals surface area contributed by atoms with Crippen LogP contribution >= 0.6 is 0 Å². The second-order valence-electron chi connectivity index (χ2n) is 4.15. The van der Waals surface area contributed by atoms with Crippen LogP contribution < -0.4 is 0 Å². The molecule has 3 nitrogen and oxygen atoms in total. The van der Waals surface area contributed by atoms with E-state index in [1.807, 2.05) is 26.0 Å². The Balaban J connectivity index is 2.46. The lowest BCUT2D eigenvalue weighted by molar-refractivity contribution is -0.158. The summed E-state index contributed by atoms with van der Waals surface area (Å²) < 4.78 is 0. The van der Waals surface area contributed by atoms with E-state index in [-0.39, 0.29) is 11.8 Å². The number of hydrogen-bond acceptors (Lipinski definition) is 2. The molecule has 1 unspecified atom stereocenters. The van der Waals surface area contributed by atoms with Crippen LogP contribution in [0.5, 0.6) is 0 Å². The zero-order valence-corrected chi connectivity index (χ0v) is 7.82. The van der Waals surface area contributed by atoms with Gasteiger partial charge in [-0.1, -0.05) is 26.0 Å². The van der Waals surface area contributed by atoms with E-state index in [2.05, 4.69) is 0 Å². The van der Waals surface area contributed by atoms with Gasteiger partial charge in [0.2, 0.25) is 0 Å². The van der Waals surface area contributed by atoms with Crippen LogP contribution in [0.4, 0.5) is 0 Å². The number of carbonyl (C=O) groups is 1. The third kappa shape index (κ3) is 0.968. The molecule has 0 aromatic carbocycles. The highest BCUT2D eigenvalue weighted by Gasteiger charge is 2.50. The second-order valence-corrected chi connectivity index (χ2v) is 4.15. The van der Waals surface area contributed by atoms with Crippen molar-refractivity contribution < 1.29 is 10.0 Å². The van der Waals surface area contributed by atoms with Gasteiger partial charge in [-0.2, -0.15) is 5.06 Å². The summed E-state index contributed by atoms with van der Waals surface area (Å²) in [5, 5.41) is 10.3. The molecule has 1 heterocycles. The van der Waals surface area contributed by atoms with E-state index in [9.17, 15) is 10.0 Å². The van der Waals surface area contributed by atoms with E-state index in [4.69, 9.17) is 0 Å². The highest BCUT2D eigenvalue weighted by atomic mass is 16.5. The average Bonchev–Trinajstić information content (AvgIpc) is 2.30. The summed E-state index contributed by atoms with van der Waals surface area (Å²) in [6, 6.07) is 0. The molecule has 1 aliphatic carbocycles. The van der Waals surface area contributed by atoms with Crippen LogP contribution in [0.1, 0.15) is 20.3 Å². The monoisotopic (exact) mass is 179 g/mol. The number of hydroxylamine groups is 2. The minimum Gasteiger partial charge on any atom is -0.281 e. The van der Waals surface area contributed by atoms with E-state index in [0.29, 0.717) is 0 Å². The highest BCUT2D eigenvalue weighted by molar-refractivity contribution is 5.86. The number of nitrogens with zero attached hydrogens (tertiary/aromatic N) is 1. The maximum atomic E-state index is 11.6. The average molecular weight is 179 g/mol. The summed E-state index contributed by atoms with van der Waals surface area (Å²) in [6.07, 6.45) is 6.55. The van der Waals surface area contributed by atoms with Crippen LogP contribution in [0, 0.1) is 11.3 Å². The van der Waals surface area contributed by atoms with Gasteiger partial charge in [-0.15, -0.1) is 0 Å². The van der Waals surface area contributed by atoms with Crippen molar-refractivity contribution in [3.63, 3.8) is 0 Å². The van der Waals surface area contributed by atoms with Gasteiger partial charge < -0.3 is 0 Å². The Hall–Kier alpha value is -1.09. The number of amides is 1. The van der Waals surface area contributed by atoms with Crippen molar-refractivity contribution >= 4 is 5.91 Å². The first-order chi connectivity index (χ1) is 6.05. The van der Waals surface area contributed by atoms with E-state index < -0.39 is 5.41 Å². The second kappa shape index (κ2) is 2.45. The number of hydrogen-bond donors (Lipinski definition) is 1. The minimum absolute atomic E-state index is 0.134. The first-order valence-corrected chi connectivity index (χ1v) is 4.45. The number of rotatable bonds is 0. The Bertz CT molecular complexity index is 315. The molecule has 1 fully saturated rings. The molecule has 1 saturated heterocycles. The molecule has 2 aliphatic rings. The van der Waals surface area contributed by atoms with Crippen LogP contribution in [-0.2, 0) is 4.79 Å². The van der Waals surface area contributed by atoms with Crippen molar-refractivity contribution in [2.45, 2.75) is 20.3 Å². The Kier molecular flexibility index (Phi) is 1.60. The predicted molar refractivity (Wildman–Crippen MR) is 47.7 cm³/mol. The van der Waals surface area contributed by atoms with E-state index in [1.165, 1.54) is 0 Å². The smallest absolute Gasteiger partial charge is 0.256 e. The molecule has 1 aliphatic heterocycles. The summed E-state index contributed by atoms with van der Waals surface area (Å²) in [4.78, 5) is 11.6. The topological polar surface area (TPSA) is 40.5 Å². The summed E-state index contributed by atoms with van der Waals surface area (Å²) in [5.41, 5.74) is 0.267. The fraction of sp³-hybridized carbons (Fsp3) is 0.500. The zero-order valence-electron chi connectivity index (χ0n) is 7.82. The van der Waals surface area contributed by atoms with Crippen LogP contribution in [0.3, 0.4) is 0 Å². The maximum Gasteiger partial charge on any atom is 0.256 e. The van der Waals surface area contributed by atoms with Crippen LogP contribution in [0.15, 0.2) is 23.9 Å². The molecule has 0 aromatic rings. The summed E-state index contributed by atoms with van der Waals surface area (Å²) in [6.45, 7) is 3.76. The summed E-state index contributed by atoms with van der Waals surface area (Å²) in [7, 11) is 0. The molecule has 0 spiro atoms. The number of carbonyl (C=O) groups excluding carboxylic acids is 1. The van der Waals surface area contributed by atoms with E-state index >= 15 is 0 Å². The SMILES string of the molecule is CC1(C)C(=O)N(O)C2=CC=CCC21. The fourth-order valence-electron chi connectivity index (χ4n) is 2.04. The minimum atomic E-state index is -0.467. The molecule has 0 aromatic heterocycles. The van der Waals surface area contributed by atoms with Gasteiger partial charge in [-0.05, 0) is 12.5 Å². The van der Waals surface area contributed by atoms with E-state index in [0.717, 1.165) is 17.2 Å². The molecule has 1 N–H and O–H groups in total. The molecule has 13 heavy (non-hydrogen) atoms. The third-order valence-electron chi connectivity index (χ3n) is 2.99. The number of allylic oxidation sites excluding steroid dienone is 4. The van der Waals surface area contributed by atoms with Crippen LogP contribution in [0.2, 0.25) is 0 Å². The molecule has 0 radical (unpaired) electrons. The van der Waals surface area contributed by atoms with Gasteiger partial charge in [0.1, 0.15) is 0 Å². The lowest BCUT2D eigenvalue weighted by Crippen LogP contribution is -2.29. The molecular formula is C10H13NO2. The van der Waals surface area contributed by atoms with Gasteiger partial charge in [0.15, 0.2) is 0 Å². The first kappa shape index (κ1) is 8.51. The first-order valence-electron chi connectivity index (χ1n) is 4.45. The molecule has 0 bridgehead atoms. The van der Waals surface area contributed by atoms with Gasteiger partial charge in [-0.25, -0.2) is 0 Å². The molecule has 1 amide bonds. The van der Waals surface area contributed by atoms with Gasteiger partial charge in [0.05, 0.1) is 11.1 Å². The van der Waals surface area contributed by atoms with Gasteiger partial charge in [0.25, 0.3) is 5.91 Å². The fourth-order valence-corrected chi connectivity index (χ4v) is 2.04. The lowest BCUT2D eigenvalue weighted by Gasteiger charge is -2.23. The van der Waals surface area contributed by atoms with Crippen LogP contribution in [-0.4, -0.2) is 16.2 Å². The maximum absolute atomic E-state index is 11.6. The third-order valence-corrected chi connectivity index (χ3v) is 2.99. The van der Waals surface area contributed by atoms with Crippen molar-refractivity contribution in [1.82, 2.24) is 5.06 Å². The molecular weight excluding hydrogens is 166 g/mol. The Labute approximate surface area is 77.3 Å². The number of fused-ring (bicyclic) bond motifs is 1. The van der Waals surface area contributed by atoms with Crippen molar-refractivity contribution in [3.05, 3.63) is 23.9 Å². The normalized spacial score (nSPS) is 30.4. The predicted octanol–water partition coefficient (Wildman–Crippen LogP) is 1.70. The van der Waals surface area contributed by atoms with Gasteiger partial charge in [-0.3, -0.25) is 10.0 Å². The Morgan fingerprint density at radius 2 is 2.31 bits per heavy atom. The van der Waals surface area contributed by atoms with Crippen LogP contribution in [0.25, 0.3) is 0 Å². The van der Waals surface area contributed by atoms with Crippen molar-refractivity contribution in [3.8, 4) is 0 Å². The van der Waals surface area contributed by atoms with E-state index in [1.54, 1.807) is 6.08 Å². The van der Waals surface area contributed by atoms with Gasteiger partial charge >= 0.3 is 0 Å². The highest BCUT2D eigenvalue weighted by Crippen LogP contribution is 2.45. The Morgan fingerprint density at radius 1 is 1.62 bits per heavy atom. The van der Waals surface area contributed by atoms with Crippen molar-refractivity contribution in [2.75, 3.05) is 0 Å². The molecule has 70 valence electrons.